The van der Waals surface area contributed by atoms with E-state index in [2.05, 4.69) is 20.8 Å². The van der Waals surface area contributed by atoms with E-state index in [-0.39, 0.29) is 11.5 Å². The first-order chi connectivity index (χ1) is 8.27. The molecule has 3 heteroatoms. The average Bonchev–Trinajstić information content (AvgIpc) is 2.25. The molecule has 0 amide bonds. The zero-order valence-corrected chi connectivity index (χ0v) is 12.0. The molecule has 106 valence electrons. The zero-order chi connectivity index (χ0) is 13.7. The Kier molecular flexibility index (Phi) is 3.79. The van der Waals surface area contributed by atoms with Gasteiger partial charge >= 0.3 is 0 Å². The van der Waals surface area contributed by atoms with Gasteiger partial charge in [0.05, 0.1) is 18.3 Å². The summed E-state index contributed by atoms with van der Waals surface area (Å²) in [6.45, 7) is 8.54. The molecule has 18 heavy (non-hydrogen) atoms. The first-order valence-corrected chi connectivity index (χ1v) is 7.31. The van der Waals surface area contributed by atoms with E-state index in [9.17, 15) is 15.3 Å². The van der Waals surface area contributed by atoms with Gasteiger partial charge in [-0.1, -0.05) is 27.7 Å². The maximum atomic E-state index is 10.3. The molecule has 2 aliphatic carbocycles. The minimum atomic E-state index is -0.693. The molecule has 2 fully saturated rings. The van der Waals surface area contributed by atoms with Gasteiger partial charge in [-0.05, 0) is 42.9 Å². The summed E-state index contributed by atoms with van der Waals surface area (Å²) < 4.78 is 0. The fourth-order valence-corrected chi connectivity index (χ4v) is 4.53. The third-order valence-corrected chi connectivity index (χ3v) is 5.71. The zero-order valence-electron chi connectivity index (χ0n) is 12.0. The lowest BCUT2D eigenvalue weighted by Crippen LogP contribution is -2.58. The van der Waals surface area contributed by atoms with E-state index in [1.54, 1.807) is 0 Å². The third-order valence-electron chi connectivity index (χ3n) is 5.71. The molecule has 0 aromatic carbocycles. The highest BCUT2D eigenvalue weighted by atomic mass is 16.3. The van der Waals surface area contributed by atoms with Crippen molar-refractivity contribution >= 4 is 0 Å². The topological polar surface area (TPSA) is 60.7 Å². The van der Waals surface area contributed by atoms with Crippen molar-refractivity contribution in [2.45, 2.75) is 65.3 Å². The van der Waals surface area contributed by atoms with Crippen molar-refractivity contribution in [1.82, 2.24) is 0 Å². The van der Waals surface area contributed by atoms with Crippen LogP contribution in [-0.2, 0) is 0 Å². The standard InChI is InChI=1S/C15H28O3/c1-8(2)10-6-11-9(3)5-12(16)14(18)15(11,4)7-13(10)17/h8-14,16-18H,5-7H2,1-4H3/t9-,10-,11+,12?,13?,14?,15-/m1/s1. The molecular formula is C15H28O3. The van der Waals surface area contributed by atoms with E-state index in [4.69, 9.17) is 0 Å². The molecule has 7 atom stereocenters. The maximum Gasteiger partial charge on any atom is 0.0856 e. The van der Waals surface area contributed by atoms with Crippen LogP contribution in [0.25, 0.3) is 0 Å². The van der Waals surface area contributed by atoms with Gasteiger partial charge in [0.15, 0.2) is 0 Å². The summed E-state index contributed by atoms with van der Waals surface area (Å²) in [5.41, 5.74) is -0.331. The van der Waals surface area contributed by atoms with Gasteiger partial charge in [-0.2, -0.15) is 0 Å². The van der Waals surface area contributed by atoms with Crippen LogP contribution in [0.4, 0.5) is 0 Å². The van der Waals surface area contributed by atoms with Gasteiger partial charge in [0.25, 0.3) is 0 Å². The van der Waals surface area contributed by atoms with Crippen molar-refractivity contribution in [1.29, 1.82) is 0 Å². The smallest absolute Gasteiger partial charge is 0.0856 e. The highest BCUT2D eigenvalue weighted by Gasteiger charge is 2.55. The summed E-state index contributed by atoms with van der Waals surface area (Å²) in [5.74, 6) is 1.63. The van der Waals surface area contributed by atoms with Gasteiger partial charge < -0.3 is 15.3 Å². The Balaban J connectivity index is 2.26. The fourth-order valence-electron chi connectivity index (χ4n) is 4.53. The van der Waals surface area contributed by atoms with E-state index in [1.807, 2.05) is 6.92 Å². The number of fused-ring (bicyclic) bond motifs is 1. The Bertz CT molecular complexity index is 304. The van der Waals surface area contributed by atoms with Crippen LogP contribution in [0.2, 0.25) is 0 Å². The van der Waals surface area contributed by atoms with E-state index in [1.165, 1.54) is 0 Å². The van der Waals surface area contributed by atoms with Gasteiger partial charge in [0, 0.05) is 5.41 Å². The molecule has 0 aromatic heterocycles. The second kappa shape index (κ2) is 4.77. The molecular weight excluding hydrogens is 228 g/mol. The number of hydrogen-bond donors (Lipinski definition) is 3. The first-order valence-electron chi connectivity index (χ1n) is 7.31. The van der Waals surface area contributed by atoms with E-state index in [0.717, 1.165) is 6.42 Å². The highest BCUT2D eigenvalue weighted by Crippen LogP contribution is 2.54. The van der Waals surface area contributed by atoms with Crippen molar-refractivity contribution in [3.8, 4) is 0 Å². The molecule has 0 spiro atoms. The van der Waals surface area contributed by atoms with E-state index in [0.29, 0.717) is 36.5 Å². The van der Waals surface area contributed by atoms with Gasteiger partial charge in [0.2, 0.25) is 0 Å². The van der Waals surface area contributed by atoms with Crippen LogP contribution < -0.4 is 0 Å². The molecule has 0 aromatic rings. The Morgan fingerprint density at radius 3 is 2.22 bits per heavy atom. The molecule has 0 radical (unpaired) electrons. The minimum Gasteiger partial charge on any atom is -0.393 e. The molecule has 0 aliphatic heterocycles. The molecule has 3 N–H and O–H groups in total. The predicted molar refractivity (Wildman–Crippen MR) is 71.0 cm³/mol. The molecule has 0 saturated heterocycles. The van der Waals surface area contributed by atoms with Gasteiger partial charge in [-0.25, -0.2) is 0 Å². The SMILES string of the molecule is CC(C)[C@H]1C[C@H]2[C@H](C)CC(O)C(O)[C@]2(C)CC1O. The van der Waals surface area contributed by atoms with Crippen LogP contribution in [0, 0.1) is 29.1 Å². The number of aliphatic hydroxyl groups excluding tert-OH is 3. The Labute approximate surface area is 110 Å². The predicted octanol–water partition coefficient (Wildman–Crippen LogP) is 1.80. The largest absolute Gasteiger partial charge is 0.393 e. The van der Waals surface area contributed by atoms with Crippen LogP contribution in [0.3, 0.4) is 0 Å². The molecule has 2 rings (SSSR count). The first kappa shape index (κ1) is 14.3. The minimum absolute atomic E-state index is 0.327. The number of aliphatic hydroxyl groups is 3. The summed E-state index contributed by atoms with van der Waals surface area (Å²) >= 11 is 0. The molecule has 3 unspecified atom stereocenters. The quantitative estimate of drug-likeness (QED) is 0.670. The average molecular weight is 256 g/mol. The highest BCUT2D eigenvalue weighted by molar-refractivity contribution is 5.04. The second-order valence-corrected chi connectivity index (χ2v) is 7.25. The van der Waals surface area contributed by atoms with Crippen molar-refractivity contribution in [3.05, 3.63) is 0 Å². The monoisotopic (exact) mass is 256 g/mol. The van der Waals surface area contributed by atoms with E-state index < -0.39 is 12.2 Å². The summed E-state index contributed by atoms with van der Waals surface area (Å²) in [4.78, 5) is 0. The maximum absolute atomic E-state index is 10.3. The van der Waals surface area contributed by atoms with Crippen molar-refractivity contribution in [2.75, 3.05) is 0 Å². The fraction of sp³-hybridized carbons (Fsp3) is 1.00. The summed E-state index contributed by atoms with van der Waals surface area (Å²) in [7, 11) is 0. The van der Waals surface area contributed by atoms with Gasteiger partial charge in [-0.3, -0.25) is 0 Å². The summed E-state index contributed by atoms with van der Waals surface area (Å²) in [6, 6.07) is 0. The number of hydrogen-bond acceptors (Lipinski definition) is 3. The van der Waals surface area contributed by atoms with Crippen molar-refractivity contribution in [2.24, 2.45) is 29.1 Å². The van der Waals surface area contributed by atoms with Crippen molar-refractivity contribution < 1.29 is 15.3 Å². The normalized spacial score (nSPS) is 53.3. The number of rotatable bonds is 1. The lowest BCUT2D eigenvalue weighted by molar-refractivity contribution is -0.182. The van der Waals surface area contributed by atoms with Crippen LogP contribution in [0.1, 0.15) is 47.0 Å². The molecule has 2 saturated carbocycles. The Morgan fingerprint density at radius 2 is 1.67 bits per heavy atom. The van der Waals surface area contributed by atoms with Gasteiger partial charge in [0.1, 0.15) is 0 Å². The third kappa shape index (κ3) is 2.10. The molecule has 3 nitrogen and oxygen atoms in total. The second-order valence-electron chi connectivity index (χ2n) is 7.25. The van der Waals surface area contributed by atoms with Crippen LogP contribution >= 0.6 is 0 Å². The lowest BCUT2D eigenvalue weighted by Gasteiger charge is -2.56. The van der Waals surface area contributed by atoms with Crippen LogP contribution in [0.5, 0.6) is 0 Å². The summed E-state index contributed by atoms with van der Waals surface area (Å²) in [5, 5.41) is 30.7. The molecule has 0 heterocycles. The van der Waals surface area contributed by atoms with Crippen molar-refractivity contribution in [3.63, 3.8) is 0 Å². The van der Waals surface area contributed by atoms with Crippen LogP contribution in [-0.4, -0.2) is 33.6 Å². The molecule has 2 aliphatic rings. The molecule has 0 bridgehead atoms. The van der Waals surface area contributed by atoms with Crippen LogP contribution in [0.15, 0.2) is 0 Å². The Morgan fingerprint density at radius 1 is 1.06 bits per heavy atom. The van der Waals surface area contributed by atoms with Gasteiger partial charge in [-0.15, -0.1) is 0 Å². The Hall–Kier alpha value is -0.120. The summed E-state index contributed by atoms with van der Waals surface area (Å²) in [6.07, 6.45) is 0.593. The lowest BCUT2D eigenvalue weighted by atomic mass is 9.51. The van der Waals surface area contributed by atoms with E-state index >= 15 is 0 Å².